The lowest BCUT2D eigenvalue weighted by Gasteiger charge is -2.21. The Bertz CT molecular complexity index is 527. The Hall–Kier alpha value is -1.09. The van der Waals surface area contributed by atoms with Gasteiger partial charge in [-0.1, -0.05) is 49.6 Å². The molecule has 1 aromatic carbocycles. The Morgan fingerprint density at radius 1 is 1.11 bits per heavy atom. The molecule has 0 saturated heterocycles. The molecular weight excluding hydrogens is 300 g/mol. The molecule has 0 spiro atoms. The van der Waals surface area contributed by atoms with Gasteiger partial charge in [-0.05, 0) is 34.7 Å². The average Bonchev–Trinajstić information content (AvgIpc) is 2.82. The fraction of sp³-hybridized carbons (Fsp3) is 0.438. The van der Waals surface area contributed by atoms with Gasteiger partial charge in [-0.25, -0.2) is 0 Å². The van der Waals surface area contributed by atoms with Crippen LogP contribution in [-0.4, -0.2) is 9.78 Å². The van der Waals surface area contributed by atoms with E-state index in [2.05, 4.69) is 51.1 Å². The molecule has 0 N–H and O–H groups in total. The standard InChI is InChI=1S/C16H19BrN2/c17-15-12-19(11-13-7-3-1-4-8-13)18-16(15)14-9-5-2-6-10-14/h2,5-6,9-10,12-13H,1,3-4,7-8,11H2. The van der Waals surface area contributed by atoms with Crippen molar-refractivity contribution in [3.63, 3.8) is 0 Å². The molecule has 2 nitrogen and oxygen atoms in total. The summed E-state index contributed by atoms with van der Waals surface area (Å²) >= 11 is 3.64. The molecular formula is C16H19BrN2. The molecule has 1 heterocycles. The quantitative estimate of drug-likeness (QED) is 0.787. The minimum atomic E-state index is 0.809. The third-order valence-corrected chi connectivity index (χ3v) is 4.51. The maximum atomic E-state index is 4.74. The van der Waals surface area contributed by atoms with Gasteiger partial charge < -0.3 is 0 Å². The maximum Gasteiger partial charge on any atom is 0.106 e. The van der Waals surface area contributed by atoms with Crippen molar-refractivity contribution in [2.75, 3.05) is 0 Å². The number of benzene rings is 1. The van der Waals surface area contributed by atoms with Crippen LogP contribution in [0.3, 0.4) is 0 Å². The van der Waals surface area contributed by atoms with E-state index in [1.807, 2.05) is 6.07 Å². The van der Waals surface area contributed by atoms with E-state index in [1.165, 1.54) is 37.7 Å². The van der Waals surface area contributed by atoms with Gasteiger partial charge in [-0.3, -0.25) is 4.68 Å². The molecule has 0 bridgehead atoms. The molecule has 100 valence electrons. The van der Waals surface area contributed by atoms with Crippen molar-refractivity contribution in [3.8, 4) is 11.3 Å². The highest BCUT2D eigenvalue weighted by Crippen LogP contribution is 2.29. The van der Waals surface area contributed by atoms with Gasteiger partial charge >= 0.3 is 0 Å². The summed E-state index contributed by atoms with van der Waals surface area (Å²) in [5, 5.41) is 4.74. The predicted molar refractivity (Wildman–Crippen MR) is 81.9 cm³/mol. The van der Waals surface area contributed by atoms with Crippen LogP contribution in [0.25, 0.3) is 11.3 Å². The second kappa shape index (κ2) is 5.91. The van der Waals surface area contributed by atoms with Crippen molar-refractivity contribution >= 4 is 15.9 Å². The molecule has 1 aliphatic carbocycles. The van der Waals surface area contributed by atoms with E-state index in [-0.39, 0.29) is 0 Å². The Labute approximate surface area is 123 Å². The van der Waals surface area contributed by atoms with Crippen molar-refractivity contribution < 1.29 is 0 Å². The van der Waals surface area contributed by atoms with Crippen molar-refractivity contribution in [1.82, 2.24) is 9.78 Å². The monoisotopic (exact) mass is 318 g/mol. The molecule has 1 saturated carbocycles. The number of nitrogens with zero attached hydrogens (tertiary/aromatic N) is 2. The Kier molecular flexibility index (Phi) is 4.02. The van der Waals surface area contributed by atoms with Gasteiger partial charge in [0.1, 0.15) is 5.69 Å². The van der Waals surface area contributed by atoms with Crippen molar-refractivity contribution in [2.24, 2.45) is 5.92 Å². The second-order valence-corrected chi connectivity index (χ2v) is 6.27. The number of halogens is 1. The highest BCUT2D eigenvalue weighted by molar-refractivity contribution is 9.10. The molecule has 19 heavy (non-hydrogen) atoms. The number of aromatic nitrogens is 2. The predicted octanol–water partition coefficient (Wildman–Crippen LogP) is 4.89. The summed E-state index contributed by atoms with van der Waals surface area (Å²) < 4.78 is 3.21. The summed E-state index contributed by atoms with van der Waals surface area (Å²) in [7, 11) is 0. The minimum absolute atomic E-state index is 0.809. The van der Waals surface area contributed by atoms with Crippen molar-refractivity contribution in [3.05, 3.63) is 41.0 Å². The number of hydrogen-bond donors (Lipinski definition) is 0. The summed E-state index contributed by atoms with van der Waals surface area (Å²) in [6.45, 7) is 1.06. The normalized spacial score (nSPS) is 16.7. The van der Waals surface area contributed by atoms with E-state index in [1.54, 1.807) is 0 Å². The van der Waals surface area contributed by atoms with Crippen molar-refractivity contribution in [1.29, 1.82) is 0 Å². The zero-order valence-electron chi connectivity index (χ0n) is 11.1. The van der Waals surface area contributed by atoms with Gasteiger partial charge in [0, 0.05) is 18.3 Å². The molecule has 1 aliphatic rings. The number of rotatable bonds is 3. The molecule has 2 aromatic rings. The largest absolute Gasteiger partial charge is 0.271 e. The van der Waals surface area contributed by atoms with Gasteiger partial charge in [-0.2, -0.15) is 5.10 Å². The third kappa shape index (κ3) is 3.08. The average molecular weight is 319 g/mol. The maximum absolute atomic E-state index is 4.74. The smallest absolute Gasteiger partial charge is 0.106 e. The summed E-state index contributed by atoms with van der Waals surface area (Å²) in [6.07, 6.45) is 9.03. The van der Waals surface area contributed by atoms with Crippen molar-refractivity contribution in [2.45, 2.75) is 38.6 Å². The van der Waals surface area contributed by atoms with E-state index in [0.29, 0.717) is 0 Å². The minimum Gasteiger partial charge on any atom is -0.271 e. The van der Waals surface area contributed by atoms with Crippen LogP contribution in [0, 0.1) is 5.92 Å². The Balaban J connectivity index is 1.77. The SMILES string of the molecule is Brc1cn(CC2CCCCC2)nc1-c1ccccc1. The Morgan fingerprint density at radius 2 is 1.84 bits per heavy atom. The highest BCUT2D eigenvalue weighted by atomic mass is 79.9. The first kappa shape index (κ1) is 12.9. The van der Waals surface area contributed by atoms with Crippen LogP contribution < -0.4 is 0 Å². The Morgan fingerprint density at radius 3 is 2.58 bits per heavy atom. The summed E-state index contributed by atoms with van der Waals surface area (Å²) in [4.78, 5) is 0. The topological polar surface area (TPSA) is 17.8 Å². The van der Waals surface area contributed by atoms with Gasteiger partial charge in [0.15, 0.2) is 0 Å². The van der Waals surface area contributed by atoms with Crippen LogP contribution in [0.2, 0.25) is 0 Å². The number of hydrogen-bond acceptors (Lipinski definition) is 1. The van der Waals surface area contributed by atoms with Crippen LogP contribution in [0.15, 0.2) is 41.0 Å². The van der Waals surface area contributed by atoms with Gasteiger partial charge in [0.25, 0.3) is 0 Å². The first-order valence-electron chi connectivity index (χ1n) is 7.11. The summed E-state index contributed by atoms with van der Waals surface area (Å²) in [5.41, 5.74) is 2.23. The first-order chi connectivity index (χ1) is 9.33. The molecule has 3 rings (SSSR count). The molecule has 0 aliphatic heterocycles. The highest BCUT2D eigenvalue weighted by Gasteiger charge is 2.16. The molecule has 1 fully saturated rings. The molecule has 3 heteroatoms. The van der Waals surface area contributed by atoms with Gasteiger partial charge in [-0.15, -0.1) is 0 Å². The zero-order chi connectivity index (χ0) is 13.1. The lowest BCUT2D eigenvalue weighted by molar-refractivity contribution is 0.308. The third-order valence-electron chi connectivity index (χ3n) is 3.93. The lowest BCUT2D eigenvalue weighted by atomic mass is 9.89. The van der Waals surface area contributed by atoms with Crippen LogP contribution in [0.1, 0.15) is 32.1 Å². The van der Waals surface area contributed by atoms with E-state index in [4.69, 9.17) is 5.10 Å². The molecule has 1 aromatic heterocycles. The molecule has 0 atom stereocenters. The van der Waals surface area contributed by atoms with Crippen LogP contribution >= 0.6 is 15.9 Å². The van der Waals surface area contributed by atoms with E-state index in [0.717, 1.165) is 22.6 Å². The molecule has 0 radical (unpaired) electrons. The van der Waals surface area contributed by atoms with Gasteiger partial charge in [0.05, 0.1) is 4.47 Å². The zero-order valence-corrected chi connectivity index (χ0v) is 12.6. The fourth-order valence-electron chi connectivity index (χ4n) is 2.92. The van der Waals surface area contributed by atoms with Crippen LogP contribution in [0.4, 0.5) is 0 Å². The van der Waals surface area contributed by atoms with E-state index < -0.39 is 0 Å². The lowest BCUT2D eigenvalue weighted by Crippen LogP contribution is -2.14. The van der Waals surface area contributed by atoms with E-state index >= 15 is 0 Å². The first-order valence-corrected chi connectivity index (χ1v) is 7.90. The van der Waals surface area contributed by atoms with Crippen LogP contribution in [-0.2, 0) is 6.54 Å². The molecule has 0 amide bonds. The van der Waals surface area contributed by atoms with Gasteiger partial charge in [0.2, 0.25) is 0 Å². The summed E-state index contributed by atoms with van der Waals surface area (Å²) in [5.74, 6) is 0.809. The second-order valence-electron chi connectivity index (χ2n) is 5.42. The fourth-order valence-corrected chi connectivity index (χ4v) is 3.46. The van der Waals surface area contributed by atoms with E-state index in [9.17, 15) is 0 Å². The molecule has 0 unspecified atom stereocenters. The van der Waals surface area contributed by atoms with Crippen LogP contribution in [0.5, 0.6) is 0 Å². The summed E-state index contributed by atoms with van der Waals surface area (Å²) in [6, 6.07) is 10.4.